The van der Waals surface area contributed by atoms with E-state index in [-0.39, 0.29) is 11.3 Å². The van der Waals surface area contributed by atoms with Crippen molar-refractivity contribution in [1.82, 2.24) is 0 Å². The first-order valence-electron chi connectivity index (χ1n) is 3.94. The van der Waals surface area contributed by atoms with E-state index in [9.17, 15) is 4.79 Å². The van der Waals surface area contributed by atoms with Crippen LogP contribution in [-0.4, -0.2) is 5.97 Å². The van der Waals surface area contributed by atoms with Crippen molar-refractivity contribution in [3.05, 3.63) is 28.3 Å². The zero-order valence-electron chi connectivity index (χ0n) is 7.80. The third kappa shape index (κ3) is 2.04. The molecular formula is C10H8ClNO2. The maximum atomic E-state index is 10.7. The molecule has 0 fully saturated rings. The van der Waals surface area contributed by atoms with Gasteiger partial charge in [0.05, 0.1) is 5.02 Å². The molecular weight excluding hydrogens is 202 g/mol. The van der Waals surface area contributed by atoms with E-state index in [1.165, 1.54) is 6.92 Å². The number of carbonyl (C=O) groups is 1. The number of benzene rings is 1. The van der Waals surface area contributed by atoms with Crippen LogP contribution in [0.25, 0.3) is 0 Å². The Bertz CT molecular complexity index is 421. The molecule has 0 saturated carbocycles. The molecule has 0 spiro atoms. The molecule has 4 heteroatoms. The molecule has 0 bridgehead atoms. The summed E-state index contributed by atoms with van der Waals surface area (Å²) in [4.78, 5) is 10.7. The van der Waals surface area contributed by atoms with Crippen LogP contribution in [0.3, 0.4) is 0 Å². The van der Waals surface area contributed by atoms with Crippen molar-refractivity contribution >= 4 is 17.6 Å². The molecule has 0 N–H and O–H groups in total. The van der Waals surface area contributed by atoms with E-state index < -0.39 is 5.97 Å². The number of nitrogens with zero attached hydrogens (tertiary/aromatic N) is 1. The summed E-state index contributed by atoms with van der Waals surface area (Å²) in [6.07, 6.45) is 0. The zero-order valence-corrected chi connectivity index (χ0v) is 8.55. The van der Waals surface area contributed by atoms with Gasteiger partial charge in [-0.1, -0.05) is 17.7 Å². The fraction of sp³-hybridized carbons (Fsp3) is 0.200. The molecule has 0 heterocycles. The zero-order chi connectivity index (χ0) is 10.7. The van der Waals surface area contributed by atoms with Gasteiger partial charge in [-0.25, -0.2) is 0 Å². The van der Waals surface area contributed by atoms with Crippen LogP contribution in [-0.2, 0) is 4.79 Å². The lowest BCUT2D eigenvalue weighted by molar-refractivity contribution is -0.131. The monoisotopic (exact) mass is 209 g/mol. The first-order chi connectivity index (χ1) is 6.56. The summed E-state index contributed by atoms with van der Waals surface area (Å²) in [7, 11) is 0. The second-order valence-corrected chi connectivity index (χ2v) is 3.15. The van der Waals surface area contributed by atoms with Crippen LogP contribution in [0.15, 0.2) is 12.1 Å². The van der Waals surface area contributed by atoms with Gasteiger partial charge in [0.1, 0.15) is 17.4 Å². The molecule has 1 aromatic carbocycles. The number of esters is 1. The number of carbonyl (C=O) groups excluding carboxylic acids is 1. The smallest absolute Gasteiger partial charge is 0.308 e. The van der Waals surface area contributed by atoms with Gasteiger partial charge in [0, 0.05) is 6.92 Å². The Hall–Kier alpha value is -1.53. The van der Waals surface area contributed by atoms with E-state index in [0.29, 0.717) is 5.02 Å². The average Bonchev–Trinajstić information content (AvgIpc) is 2.11. The Balaban J connectivity index is 3.26. The highest BCUT2D eigenvalue weighted by atomic mass is 35.5. The first-order valence-corrected chi connectivity index (χ1v) is 4.31. The molecule has 1 rings (SSSR count). The van der Waals surface area contributed by atoms with Crippen LogP contribution >= 0.6 is 11.6 Å². The molecule has 0 unspecified atom stereocenters. The van der Waals surface area contributed by atoms with Crippen LogP contribution < -0.4 is 4.74 Å². The maximum Gasteiger partial charge on any atom is 0.308 e. The van der Waals surface area contributed by atoms with Crippen molar-refractivity contribution in [2.75, 3.05) is 0 Å². The van der Waals surface area contributed by atoms with Gasteiger partial charge in [-0.3, -0.25) is 4.79 Å². The fourth-order valence-electron chi connectivity index (χ4n) is 1.01. The Kier molecular flexibility index (Phi) is 3.10. The number of aryl methyl sites for hydroxylation is 1. The van der Waals surface area contributed by atoms with Crippen LogP contribution in [0.4, 0.5) is 0 Å². The van der Waals surface area contributed by atoms with Crippen LogP contribution in [0.1, 0.15) is 18.1 Å². The second-order valence-electron chi connectivity index (χ2n) is 2.78. The summed E-state index contributed by atoms with van der Waals surface area (Å²) in [6, 6.07) is 5.15. The van der Waals surface area contributed by atoms with Crippen molar-refractivity contribution in [2.24, 2.45) is 0 Å². The highest BCUT2D eigenvalue weighted by Crippen LogP contribution is 2.28. The molecule has 0 radical (unpaired) electrons. The summed E-state index contributed by atoms with van der Waals surface area (Å²) in [5.74, 6) is -0.267. The van der Waals surface area contributed by atoms with E-state index in [2.05, 4.69) is 0 Å². The number of halogens is 1. The Morgan fingerprint density at radius 1 is 1.57 bits per heavy atom. The molecule has 0 aliphatic rings. The minimum atomic E-state index is -0.471. The lowest BCUT2D eigenvalue weighted by Gasteiger charge is -2.06. The summed E-state index contributed by atoms with van der Waals surface area (Å²) >= 11 is 5.87. The summed E-state index contributed by atoms with van der Waals surface area (Å²) in [5.41, 5.74) is 0.973. The number of hydrogen-bond acceptors (Lipinski definition) is 3. The predicted molar refractivity (Wildman–Crippen MR) is 52.2 cm³/mol. The molecule has 0 saturated heterocycles. The summed E-state index contributed by atoms with van der Waals surface area (Å²) in [6.45, 7) is 3.05. The number of hydrogen-bond donors (Lipinski definition) is 0. The van der Waals surface area contributed by atoms with Gasteiger partial charge in [0.2, 0.25) is 0 Å². The highest BCUT2D eigenvalue weighted by Gasteiger charge is 2.11. The van der Waals surface area contributed by atoms with Gasteiger partial charge >= 0.3 is 5.97 Å². The Morgan fingerprint density at radius 3 is 2.71 bits per heavy atom. The van der Waals surface area contributed by atoms with E-state index in [1.54, 1.807) is 19.1 Å². The summed E-state index contributed by atoms with van der Waals surface area (Å²) < 4.78 is 4.83. The molecule has 0 amide bonds. The lowest BCUT2D eigenvalue weighted by Crippen LogP contribution is -2.03. The maximum absolute atomic E-state index is 10.7. The topological polar surface area (TPSA) is 50.1 Å². The second kappa shape index (κ2) is 4.12. The van der Waals surface area contributed by atoms with Crippen molar-refractivity contribution in [1.29, 1.82) is 5.26 Å². The van der Waals surface area contributed by atoms with Gasteiger partial charge in [-0.05, 0) is 18.6 Å². The SMILES string of the molecule is CC(=O)Oc1ccc(C)c(Cl)c1C#N. The molecule has 0 aliphatic carbocycles. The molecule has 0 aromatic heterocycles. The van der Waals surface area contributed by atoms with Gasteiger partial charge < -0.3 is 4.74 Å². The fourth-order valence-corrected chi connectivity index (χ4v) is 1.20. The van der Waals surface area contributed by atoms with Gasteiger partial charge in [0.25, 0.3) is 0 Å². The summed E-state index contributed by atoms with van der Waals surface area (Å²) in [5, 5.41) is 9.14. The standard InChI is InChI=1S/C10H8ClNO2/c1-6-3-4-9(14-7(2)13)8(5-12)10(6)11/h3-4H,1-2H3. The van der Waals surface area contributed by atoms with Crippen molar-refractivity contribution in [3.8, 4) is 11.8 Å². The quantitative estimate of drug-likeness (QED) is 0.527. The van der Waals surface area contributed by atoms with Crippen LogP contribution in [0.2, 0.25) is 5.02 Å². The largest absolute Gasteiger partial charge is 0.425 e. The van der Waals surface area contributed by atoms with E-state index in [0.717, 1.165) is 5.56 Å². The third-order valence-electron chi connectivity index (χ3n) is 1.66. The van der Waals surface area contributed by atoms with Crippen LogP contribution in [0.5, 0.6) is 5.75 Å². The lowest BCUT2D eigenvalue weighted by atomic mass is 10.1. The van der Waals surface area contributed by atoms with E-state index in [4.69, 9.17) is 21.6 Å². The minimum Gasteiger partial charge on any atom is -0.425 e. The van der Waals surface area contributed by atoms with Gasteiger partial charge in [-0.15, -0.1) is 0 Å². The molecule has 72 valence electrons. The van der Waals surface area contributed by atoms with Crippen molar-refractivity contribution in [2.45, 2.75) is 13.8 Å². The minimum absolute atomic E-state index is 0.196. The third-order valence-corrected chi connectivity index (χ3v) is 2.15. The number of rotatable bonds is 1. The number of ether oxygens (including phenoxy) is 1. The molecule has 14 heavy (non-hydrogen) atoms. The Morgan fingerprint density at radius 2 is 2.21 bits per heavy atom. The van der Waals surface area contributed by atoms with E-state index in [1.807, 2.05) is 6.07 Å². The molecule has 0 atom stereocenters. The van der Waals surface area contributed by atoms with Crippen molar-refractivity contribution < 1.29 is 9.53 Å². The van der Waals surface area contributed by atoms with Gasteiger partial charge in [0.15, 0.2) is 0 Å². The first kappa shape index (κ1) is 10.6. The molecule has 3 nitrogen and oxygen atoms in total. The molecule has 1 aromatic rings. The van der Waals surface area contributed by atoms with Crippen molar-refractivity contribution in [3.63, 3.8) is 0 Å². The predicted octanol–water partition coefficient (Wildman–Crippen LogP) is 2.45. The highest BCUT2D eigenvalue weighted by molar-refractivity contribution is 6.32. The Labute approximate surface area is 86.9 Å². The number of nitriles is 1. The molecule has 0 aliphatic heterocycles. The van der Waals surface area contributed by atoms with Gasteiger partial charge in [-0.2, -0.15) is 5.26 Å². The normalized spacial score (nSPS) is 9.29. The van der Waals surface area contributed by atoms with E-state index >= 15 is 0 Å². The van der Waals surface area contributed by atoms with Crippen LogP contribution in [0, 0.1) is 18.3 Å². The average molecular weight is 210 g/mol.